The summed E-state index contributed by atoms with van der Waals surface area (Å²) < 4.78 is 21.7. The van der Waals surface area contributed by atoms with Gasteiger partial charge in [0.25, 0.3) is 5.91 Å². The zero-order valence-corrected chi connectivity index (χ0v) is 21.0. The summed E-state index contributed by atoms with van der Waals surface area (Å²) in [4.78, 5) is 29.4. The first-order valence-corrected chi connectivity index (χ1v) is 12.9. The minimum atomic E-state index is -0.313. The van der Waals surface area contributed by atoms with Gasteiger partial charge < -0.3 is 24.3 Å². The predicted molar refractivity (Wildman–Crippen MR) is 138 cm³/mol. The van der Waals surface area contributed by atoms with E-state index in [1.165, 1.54) is 20.0 Å². The fraction of sp³-hybridized carbons (Fsp3) is 0.414. The first kappa shape index (κ1) is 24.9. The summed E-state index contributed by atoms with van der Waals surface area (Å²) in [6.07, 6.45) is 7.01. The molecule has 1 aliphatic carbocycles. The number of ether oxygens (including phenoxy) is 4. The van der Waals surface area contributed by atoms with Crippen LogP contribution < -0.4 is 19.5 Å². The Morgan fingerprint density at radius 1 is 0.973 bits per heavy atom. The Kier molecular flexibility index (Phi) is 7.73. The maximum Gasteiger partial charge on any atom is 0.306 e. The van der Waals surface area contributed by atoms with Gasteiger partial charge in [0.1, 0.15) is 0 Å². The van der Waals surface area contributed by atoms with Crippen LogP contribution in [0.25, 0.3) is 10.9 Å². The van der Waals surface area contributed by atoms with Crippen LogP contribution in [0.2, 0.25) is 0 Å². The zero-order chi connectivity index (χ0) is 25.6. The van der Waals surface area contributed by atoms with Crippen molar-refractivity contribution in [2.45, 2.75) is 56.9 Å². The Balaban J connectivity index is 1.33. The van der Waals surface area contributed by atoms with Crippen LogP contribution in [-0.4, -0.2) is 43.4 Å². The third kappa shape index (κ3) is 6.13. The number of nitrogens with one attached hydrogen (secondary N) is 1. The van der Waals surface area contributed by atoms with Crippen LogP contribution in [0.4, 0.5) is 0 Å². The van der Waals surface area contributed by atoms with E-state index in [0.29, 0.717) is 17.4 Å². The van der Waals surface area contributed by atoms with E-state index in [1.807, 2.05) is 42.5 Å². The Bertz CT molecular complexity index is 1270. The third-order valence-corrected chi connectivity index (χ3v) is 7.06. The number of pyridine rings is 1. The van der Waals surface area contributed by atoms with Crippen molar-refractivity contribution in [3.05, 3.63) is 59.7 Å². The topological polar surface area (TPSA) is 96.0 Å². The lowest BCUT2D eigenvalue weighted by atomic mass is 9.87. The van der Waals surface area contributed by atoms with Gasteiger partial charge in [-0.3, -0.25) is 9.59 Å². The molecule has 1 N–H and O–H groups in total. The Morgan fingerprint density at radius 2 is 1.70 bits per heavy atom. The highest BCUT2D eigenvalue weighted by molar-refractivity contribution is 5.81. The van der Waals surface area contributed by atoms with Gasteiger partial charge in [-0.1, -0.05) is 43.9 Å². The standard InChI is InChI=1S/C29H32N2O6/c1-34-29(33)16-23(21-10-12-25-26(15-21)37-18-36-25)20-9-8-19-11-13-28(31-24(19)14-20)35-17-27(32)30-22-6-4-2-3-5-7-22/h8-15,22-23H,2-7,16-18H2,1H3,(H,30,32). The van der Waals surface area contributed by atoms with E-state index in [0.717, 1.165) is 47.7 Å². The summed E-state index contributed by atoms with van der Waals surface area (Å²) in [5.74, 6) is 1.03. The molecule has 1 aromatic heterocycles. The molecule has 2 heterocycles. The number of methoxy groups -OCH3 is 1. The molecule has 2 aliphatic rings. The highest BCUT2D eigenvalue weighted by Gasteiger charge is 2.23. The molecule has 2 aromatic carbocycles. The van der Waals surface area contributed by atoms with Crippen LogP contribution in [-0.2, 0) is 14.3 Å². The molecule has 1 unspecified atom stereocenters. The normalized spacial score (nSPS) is 16.1. The number of benzene rings is 2. The maximum atomic E-state index is 12.4. The molecule has 0 saturated heterocycles. The average Bonchev–Trinajstić information content (AvgIpc) is 3.25. The fourth-order valence-corrected chi connectivity index (χ4v) is 5.05. The van der Waals surface area contributed by atoms with Crippen molar-refractivity contribution in [3.63, 3.8) is 0 Å². The van der Waals surface area contributed by atoms with E-state index in [-0.39, 0.29) is 43.7 Å². The predicted octanol–water partition coefficient (Wildman–Crippen LogP) is 4.88. The smallest absolute Gasteiger partial charge is 0.306 e. The Morgan fingerprint density at radius 3 is 2.51 bits per heavy atom. The number of aromatic nitrogens is 1. The van der Waals surface area contributed by atoms with Gasteiger partial charge in [0.2, 0.25) is 12.7 Å². The average molecular weight is 505 g/mol. The van der Waals surface area contributed by atoms with Crippen LogP contribution in [0.1, 0.15) is 62.0 Å². The molecule has 0 radical (unpaired) electrons. The van der Waals surface area contributed by atoms with E-state index in [9.17, 15) is 9.59 Å². The zero-order valence-electron chi connectivity index (χ0n) is 21.0. The minimum absolute atomic E-state index is 0.0726. The maximum absolute atomic E-state index is 12.4. The molecule has 37 heavy (non-hydrogen) atoms. The number of carbonyl (C=O) groups is 2. The van der Waals surface area contributed by atoms with Gasteiger partial charge in [0.15, 0.2) is 18.1 Å². The molecular formula is C29H32N2O6. The largest absolute Gasteiger partial charge is 0.469 e. The molecule has 8 heteroatoms. The summed E-state index contributed by atoms with van der Waals surface area (Å²) in [6.45, 7) is 0.110. The van der Waals surface area contributed by atoms with Crippen molar-refractivity contribution >= 4 is 22.8 Å². The number of fused-ring (bicyclic) bond motifs is 2. The van der Waals surface area contributed by atoms with Gasteiger partial charge in [-0.05, 0) is 48.2 Å². The first-order valence-electron chi connectivity index (χ1n) is 12.9. The lowest BCUT2D eigenvalue weighted by Gasteiger charge is -2.18. The van der Waals surface area contributed by atoms with E-state index in [2.05, 4.69) is 10.3 Å². The molecule has 1 saturated carbocycles. The lowest BCUT2D eigenvalue weighted by Crippen LogP contribution is -2.37. The molecule has 8 nitrogen and oxygen atoms in total. The van der Waals surface area contributed by atoms with Crippen LogP contribution in [0.3, 0.4) is 0 Å². The lowest BCUT2D eigenvalue weighted by molar-refractivity contribution is -0.140. The highest BCUT2D eigenvalue weighted by atomic mass is 16.7. The minimum Gasteiger partial charge on any atom is -0.469 e. The molecule has 5 rings (SSSR count). The molecule has 3 aromatic rings. The summed E-state index contributed by atoms with van der Waals surface area (Å²) in [5.41, 5.74) is 2.54. The van der Waals surface area contributed by atoms with E-state index < -0.39 is 0 Å². The Hall–Kier alpha value is -3.81. The second kappa shape index (κ2) is 11.5. The number of nitrogens with zero attached hydrogens (tertiary/aromatic N) is 1. The molecule has 0 spiro atoms. The van der Waals surface area contributed by atoms with Gasteiger partial charge in [0, 0.05) is 23.4 Å². The third-order valence-electron chi connectivity index (χ3n) is 7.06. The van der Waals surface area contributed by atoms with Crippen LogP contribution in [0.15, 0.2) is 48.5 Å². The van der Waals surface area contributed by atoms with Gasteiger partial charge in [-0.25, -0.2) is 4.98 Å². The van der Waals surface area contributed by atoms with E-state index in [4.69, 9.17) is 18.9 Å². The molecule has 1 fully saturated rings. The summed E-state index contributed by atoms with van der Waals surface area (Å²) in [6, 6.07) is 15.5. The summed E-state index contributed by atoms with van der Waals surface area (Å²) in [5, 5.41) is 4.03. The Labute approximate surface area is 216 Å². The van der Waals surface area contributed by atoms with Gasteiger partial charge in [-0.2, -0.15) is 0 Å². The molecule has 194 valence electrons. The van der Waals surface area contributed by atoms with Crippen molar-refractivity contribution in [3.8, 4) is 17.4 Å². The van der Waals surface area contributed by atoms with Crippen LogP contribution in [0.5, 0.6) is 17.4 Å². The van der Waals surface area contributed by atoms with Gasteiger partial charge >= 0.3 is 5.97 Å². The summed E-state index contributed by atoms with van der Waals surface area (Å²) in [7, 11) is 1.39. The van der Waals surface area contributed by atoms with E-state index in [1.54, 1.807) is 6.07 Å². The summed E-state index contributed by atoms with van der Waals surface area (Å²) >= 11 is 0. The van der Waals surface area contributed by atoms with Crippen molar-refractivity contribution in [2.75, 3.05) is 20.5 Å². The molecule has 1 amide bonds. The number of hydrogen-bond donors (Lipinski definition) is 1. The SMILES string of the molecule is COC(=O)CC(c1ccc2c(c1)OCO2)c1ccc2ccc(OCC(=O)NC3CCCCCC3)nc2c1. The first-order chi connectivity index (χ1) is 18.1. The van der Waals surface area contributed by atoms with Crippen molar-refractivity contribution in [1.82, 2.24) is 10.3 Å². The highest BCUT2D eigenvalue weighted by Crippen LogP contribution is 2.38. The molecule has 0 bridgehead atoms. The molecule has 1 atom stereocenters. The number of rotatable bonds is 8. The van der Waals surface area contributed by atoms with E-state index >= 15 is 0 Å². The van der Waals surface area contributed by atoms with Gasteiger partial charge in [-0.15, -0.1) is 0 Å². The van der Waals surface area contributed by atoms with Crippen LogP contribution >= 0.6 is 0 Å². The molecule has 1 aliphatic heterocycles. The second-order valence-corrected chi connectivity index (χ2v) is 9.59. The number of hydrogen-bond acceptors (Lipinski definition) is 7. The monoisotopic (exact) mass is 504 g/mol. The second-order valence-electron chi connectivity index (χ2n) is 9.59. The quantitative estimate of drug-likeness (QED) is 0.345. The number of amides is 1. The van der Waals surface area contributed by atoms with Crippen molar-refractivity contribution in [2.24, 2.45) is 0 Å². The van der Waals surface area contributed by atoms with Crippen molar-refractivity contribution < 1.29 is 28.5 Å². The van der Waals surface area contributed by atoms with Crippen LogP contribution in [0, 0.1) is 0 Å². The van der Waals surface area contributed by atoms with Gasteiger partial charge in [0.05, 0.1) is 19.0 Å². The fourth-order valence-electron chi connectivity index (χ4n) is 5.05. The molecular weight excluding hydrogens is 472 g/mol. The number of esters is 1. The number of carbonyl (C=O) groups excluding carboxylic acids is 2. The van der Waals surface area contributed by atoms with Crippen molar-refractivity contribution in [1.29, 1.82) is 0 Å².